The minimum absolute atomic E-state index is 0.285. The fourth-order valence-corrected chi connectivity index (χ4v) is 3.28. The molecule has 2 N–H and O–H groups in total. The van der Waals surface area contributed by atoms with Gasteiger partial charge >= 0.3 is 0 Å². The molecule has 0 aliphatic heterocycles. The molecule has 3 aromatic heterocycles. The number of methoxy groups -OCH3 is 1. The van der Waals surface area contributed by atoms with Gasteiger partial charge in [0, 0.05) is 36.4 Å². The van der Waals surface area contributed by atoms with E-state index in [1.165, 1.54) is 18.5 Å². The molecule has 0 aliphatic carbocycles. The average Bonchev–Trinajstić information content (AvgIpc) is 3.29. The second-order valence-electron chi connectivity index (χ2n) is 6.90. The number of benzene rings is 1. The average molecular weight is 407 g/mol. The molecule has 154 valence electrons. The number of halogens is 1. The Hall–Kier alpha value is -3.59. The van der Waals surface area contributed by atoms with Gasteiger partial charge in [0.2, 0.25) is 0 Å². The molecule has 9 heteroatoms. The predicted octanol–water partition coefficient (Wildman–Crippen LogP) is 3.74. The molecule has 0 unspecified atom stereocenters. The summed E-state index contributed by atoms with van der Waals surface area (Å²) in [5.41, 5.74) is 4.47. The van der Waals surface area contributed by atoms with Gasteiger partial charge in [0.1, 0.15) is 18.0 Å². The Bertz CT molecular complexity index is 1150. The zero-order valence-electron chi connectivity index (χ0n) is 17.0. The first kappa shape index (κ1) is 19.7. The summed E-state index contributed by atoms with van der Waals surface area (Å²) < 4.78 is 20.3. The van der Waals surface area contributed by atoms with E-state index in [9.17, 15) is 4.39 Å². The summed E-state index contributed by atoms with van der Waals surface area (Å²) in [5.74, 6) is 1.59. The van der Waals surface area contributed by atoms with Crippen LogP contribution in [0.1, 0.15) is 17.0 Å². The third-order valence-corrected chi connectivity index (χ3v) is 4.68. The fourth-order valence-electron chi connectivity index (χ4n) is 3.28. The molecule has 0 radical (unpaired) electrons. The van der Waals surface area contributed by atoms with Crippen LogP contribution in [0.2, 0.25) is 0 Å². The van der Waals surface area contributed by atoms with Gasteiger partial charge < -0.3 is 10.1 Å². The lowest BCUT2D eigenvalue weighted by atomic mass is 10.1. The summed E-state index contributed by atoms with van der Waals surface area (Å²) in [6, 6.07) is 10.1. The van der Waals surface area contributed by atoms with Crippen molar-refractivity contribution in [3.05, 3.63) is 65.5 Å². The van der Waals surface area contributed by atoms with E-state index in [1.807, 2.05) is 26.0 Å². The van der Waals surface area contributed by atoms with Crippen molar-refractivity contribution in [2.45, 2.75) is 20.3 Å². The summed E-state index contributed by atoms with van der Waals surface area (Å²) in [6.07, 6.45) is 2.11. The van der Waals surface area contributed by atoms with Crippen LogP contribution in [-0.2, 0) is 11.2 Å². The minimum Gasteiger partial charge on any atom is -0.384 e. The number of nitrogens with zero attached hydrogens (tertiary/aromatic N) is 5. The Morgan fingerprint density at radius 1 is 1.13 bits per heavy atom. The monoisotopic (exact) mass is 407 g/mol. The van der Waals surface area contributed by atoms with Crippen LogP contribution in [0.3, 0.4) is 0 Å². The summed E-state index contributed by atoms with van der Waals surface area (Å²) in [6.45, 7) is 4.43. The van der Waals surface area contributed by atoms with Gasteiger partial charge in [0.15, 0.2) is 11.6 Å². The summed E-state index contributed by atoms with van der Waals surface area (Å²) in [7, 11) is 1.65. The number of hydrogen-bond donors (Lipinski definition) is 2. The third-order valence-electron chi connectivity index (χ3n) is 4.68. The number of anilines is 2. The molecule has 0 aliphatic rings. The molecule has 0 atom stereocenters. The highest BCUT2D eigenvalue weighted by Crippen LogP contribution is 2.29. The summed E-state index contributed by atoms with van der Waals surface area (Å²) >= 11 is 0. The maximum absolute atomic E-state index is 13.3. The van der Waals surface area contributed by atoms with Crippen LogP contribution >= 0.6 is 0 Å². The molecular weight excluding hydrogens is 385 g/mol. The molecule has 0 spiro atoms. The van der Waals surface area contributed by atoms with Crippen LogP contribution in [-0.4, -0.2) is 43.7 Å². The van der Waals surface area contributed by atoms with Gasteiger partial charge in [-0.15, -0.1) is 0 Å². The van der Waals surface area contributed by atoms with E-state index in [0.29, 0.717) is 30.5 Å². The first-order valence-corrected chi connectivity index (χ1v) is 9.50. The normalized spacial score (nSPS) is 11.1. The molecule has 8 nitrogen and oxygen atoms in total. The van der Waals surface area contributed by atoms with E-state index in [0.717, 1.165) is 28.2 Å². The number of aromatic nitrogens is 6. The Morgan fingerprint density at radius 3 is 2.63 bits per heavy atom. The molecule has 1 aromatic carbocycles. The Kier molecular flexibility index (Phi) is 5.53. The molecule has 3 heterocycles. The molecule has 0 amide bonds. The van der Waals surface area contributed by atoms with Crippen molar-refractivity contribution in [2.24, 2.45) is 0 Å². The highest BCUT2D eigenvalue weighted by atomic mass is 19.1. The highest BCUT2D eigenvalue weighted by Gasteiger charge is 2.16. The molecule has 4 aromatic rings. The molecular formula is C21H22FN7O. The molecule has 0 saturated carbocycles. The Labute approximate surface area is 173 Å². The van der Waals surface area contributed by atoms with E-state index >= 15 is 0 Å². The molecule has 4 rings (SSSR count). The first-order valence-electron chi connectivity index (χ1n) is 9.50. The molecule has 0 fully saturated rings. The lowest BCUT2D eigenvalue weighted by molar-refractivity contribution is 0.202. The van der Waals surface area contributed by atoms with Gasteiger partial charge in [-0.05, 0) is 44.2 Å². The van der Waals surface area contributed by atoms with Crippen molar-refractivity contribution in [3.8, 4) is 17.1 Å². The van der Waals surface area contributed by atoms with E-state index in [4.69, 9.17) is 4.74 Å². The number of H-pyrrole nitrogens is 1. The van der Waals surface area contributed by atoms with Crippen molar-refractivity contribution in [3.63, 3.8) is 0 Å². The lowest BCUT2D eigenvalue weighted by Crippen LogP contribution is -2.05. The van der Waals surface area contributed by atoms with Gasteiger partial charge in [-0.3, -0.25) is 5.10 Å². The zero-order valence-corrected chi connectivity index (χ0v) is 17.0. The zero-order chi connectivity index (χ0) is 21.1. The molecule has 0 saturated heterocycles. The maximum Gasteiger partial charge on any atom is 0.159 e. The second kappa shape index (κ2) is 8.42. The van der Waals surface area contributed by atoms with Gasteiger partial charge in [0.05, 0.1) is 18.0 Å². The number of hydrogen-bond acceptors (Lipinski definition) is 6. The standard InChI is InChI=1S/C21H22FN7O/c1-13-10-14(2)29(28-13)19-11-18(23-12-24-19)25-21-17(8-9-30-3)20(26-27-21)15-4-6-16(22)7-5-15/h4-7,10-12H,8-9H2,1-3H3,(H2,23,24,25,26,27). The quantitative estimate of drug-likeness (QED) is 0.485. The third kappa shape index (κ3) is 4.06. The van der Waals surface area contributed by atoms with Gasteiger partial charge in [-0.1, -0.05) is 0 Å². The Balaban J connectivity index is 1.67. The number of rotatable bonds is 7. The largest absolute Gasteiger partial charge is 0.384 e. The van der Waals surface area contributed by atoms with Crippen molar-refractivity contribution < 1.29 is 9.13 Å². The number of aromatic amines is 1. The molecule has 30 heavy (non-hydrogen) atoms. The summed E-state index contributed by atoms with van der Waals surface area (Å²) in [5, 5.41) is 15.2. The Morgan fingerprint density at radius 2 is 1.93 bits per heavy atom. The van der Waals surface area contributed by atoms with Crippen molar-refractivity contribution in [1.29, 1.82) is 0 Å². The van der Waals surface area contributed by atoms with Gasteiger partial charge in [-0.2, -0.15) is 10.2 Å². The smallest absolute Gasteiger partial charge is 0.159 e. The van der Waals surface area contributed by atoms with Gasteiger partial charge in [0.25, 0.3) is 0 Å². The molecule has 0 bridgehead atoms. The van der Waals surface area contributed by atoms with Crippen molar-refractivity contribution >= 4 is 11.6 Å². The predicted molar refractivity (Wildman–Crippen MR) is 111 cm³/mol. The van der Waals surface area contributed by atoms with Crippen LogP contribution in [0.15, 0.2) is 42.7 Å². The topological polar surface area (TPSA) is 93.5 Å². The summed E-state index contributed by atoms with van der Waals surface area (Å²) in [4.78, 5) is 8.64. The number of ether oxygens (including phenoxy) is 1. The van der Waals surface area contributed by atoms with Crippen LogP contribution < -0.4 is 5.32 Å². The van der Waals surface area contributed by atoms with Crippen LogP contribution in [0.25, 0.3) is 17.1 Å². The van der Waals surface area contributed by atoms with Crippen LogP contribution in [0.5, 0.6) is 0 Å². The SMILES string of the molecule is COCCc1c(Nc2cc(-n3nc(C)cc3C)ncn2)n[nH]c1-c1ccc(F)cc1. The van der Waals surface area contributed by atoms with Crippen molar-refractivity contribution in [1.82, 2.24) is 29.9 Å². The highest BCUT2D eigenvalue weighted by molar-refractivity contribution is 5.71. The van der Waals surface area contributed by atoms with E-state index in [1.54, 1.807) is 23.9 Å². The maximum atomic E-state index is 13.3. The van der Waals surface area contributed by atoms with E-state index in [-0.39, 0.29) is 5.82 Å². The van der Waals surface area contributed by atoms with Crippen LogP contribution in [0, 0.1) is 19.7 Å². The van der Waals surface area contributed by atoms with E-state index < -0.39 is 0 Å². The first-order chi connectivity index (χ1) is 14.5. The fraction of sp³-hybridized carbons (Fsp3) is 0.238. The minimum atomic E-state index is -0.285. The lowest BCUT2D eigenvalue weighted by Gasteiger charge is -2.09. The number of aryl methyl sites for hydroxylation is 2. The van der Waals surface area contributed by atoms with Crippen LogP contribution in [0.4, 0.5) is 16.0 Å². The van der Waals surface area contributed by atoms with Gasteiger partial charge in [-0.25, -0.2) is 19.0 Å². The second-order valence-corrected chi connectivity index (χ2v) is 6.90. The van der Waals surface area contributed by atoms with E-state index in [2.05, 4.69) is 30.6 Å². The number of nitrogens with one attached hydrogen (secondary N) is 2. The van der Waals surface area contributed by atoms with Crippen molar-refractivity contribution in [2.75, 3.05) is 19.0 Å².